The third-order valence-electron chi connectivity index (χ3n) is 13.6. The summed E-state index contributed by atoms with van der Waals surface area (Å²) in [7, 11) is 0. The maximum absolute atomic E-state index is 15.4. The second-order valence-electron chi connectivity index (χ2n) is 19.9. The molecule has 0 atom stereocenters. The molecule has 0 unspecified atom stereocenters. The molecule has 2 aliphatic rings. The van der Waals surface area contributed by atoms with E-state index >= 15 is 8.78 Å². The van der Waals surface area contributed by atoms with Crippen LogP contribution in [-0.4, -0.2) is 9.55 Å². The molecule has 0 spiro atoms. The Labute approximate surface area is 413 Å². The molecule has 352 valence electrons. The molecule has 8 aromatic rings. The summed E-state index contributed by atoms with van der Waals surface area (Å²) < 4.78 is 54.0. The van der Waals surface area contributed by atoms with Crippen molar-refractivity contribution in [1.29, 1.82) is 0 Å². The quantitative estimate of drug-likeness (QED) is 0.107. The Morgan fingerprint density at radius 1 is 0.691 bits per heavy atom. The third-order valence-corrected chi connectivity index (χ3v) is 13.6. The van der Waals surface area contributed by atoms with E-state index in [4.69, 9.17) is 9.72 Å². The number of nitrogens with zero attached hydrogens (tertiary/aromatic N) is 4. The minimum absolute atomic E-state index is 0. The zero-order valence-corrected chi connectivity index (χ0v) is 41.9. The molecule has 0 bridgehead atoms. The second-order valence-corrected chi connectivity index (χ2v) is 19.9. The van der Waals surface area contributed by atoms with Crippen LogP contribution in [0.2, 0.25) is 0 Å². The Kier molecular flexibility index (Phi) is 13.1. The number of ether oxygens (including phenoxy) is 1. The normalized spacial score (nSPS) is 14.5. The van der Waals surface area contributed by atoms with Crippen molar-refractivity contribution in [2.75, 3.05) is 9.80 Å². The van der Waals surface area contributed by atoms with E-state index in [0.29, 0.717) is 23.0 Å². The first-order valence-corrected chi connectivity index (χ1v) is 23.8. The maximum atomic E-state index is 15.4. The van der Waals surface area contributed by atoms with Gasteiger partial charge in [0.15, 0.2) is 0 Å². The Bertz CT molecular complexity index is 3110. The van der Waals surface area contributed by atoms with Crippen molar-refractivity contribution in [3.05, 3.63) is 174 Å². The Morgan fingerprint density at radius 3 is 2.00 bits per heavy atom. The fourth-order valence-corrected chi connectivity index (χ4v) is 10.2. The van der Waals surface area contributed by atoms with Crippen LogP contribution in [0.25, 0.3) is 38.8 Å². The van der Waals surface area contributed by atoms with Crippen LogP contribution in [0.1, 0.15) is 127 Å². The summed E-state index contributed by atoms with van der Waals surface area (Å²) in [6, 6.07) is 42.1. The van der Waals surface area contributed by atoms with E-state index in [0.717, 1.165) is 86.5 Å². The van der Waals surface area contributed by atoms with E-state index in [1.54, 1.807) is 0 Å². The van der Waals surface area contributed by atoms with Gasteiger partial charge in [0.05, 0.1) is 5.56 Å². The molecule has 9 heteroatoms. The van der Waals surface area contributed by atoms with Gasteiger partial charge >= 0.3 is 0 Å². The number of pyridine rings is 1. The fraction of sp³-hybridized carbons (Fsp3) is 0.288. The van der Waals surface area contributed by atoms with Crippen molar-refractivity contribution in [3.8, 4) is 28.4 Å². The fourth-order valence-electron chi connectivity index (χ4n) is 10.2. The van der Waals surface area contributed by atoms with Crippen LogP contribution >= 0.6 is 0 Å². The van der Waals surface area contributed by atoms with E-state index < -0.39 is 17.5 Å². The monoisotopic (exact) mass is 1090 g/mol. The van der Waals surface area contributed by atoms with Gasteiger partial charge in [0.2, 0.25) is 0 Å². The van der Waals surface area contributed by atoms with Crippen LogP contribution in [0.5, 0.6) is 11.5 Å². The predicted octanol–water partition coefficient (Wildman–Crippen LogP) is 17.0. The minimum Gasteiger partial charge on any atom is -0.509 e. The van der Waals surface area contributed by atoms with Crippen LogP contribution in [-0.2, 0) is 26.5 Å². The molecule has 1 aliphatic carbocycles. The van der Waals surface area contributed by atoms with E-state index in [-0.39, 0.29) is 43.9 Å². The van der Waals surface area contributed by atoms with Crippen LogP contribution in [0.3, 0.4) is 0 Å². The predicted molar refractivity (Wildman–Crippen MR) is 267 cm³/mol. The first-order chi connectivity index (χ1) is 32.2. The summed E-state index contributed by atoms with van der Waals surface area (Å²) in [5.41, 5.74) is 9.99. The van der Waals surface area contributed by atoms with Gasteiger partial charge in [-0.2, -0.15) is 6.07 Å². The topological polar surface area (TPSA) is 33.5 Å². The molecular formula is C59H56F3N4OPt-3. The molecule has 1 saturated carbocycles. The van der Waals surface area contributed by atoms with E-state index in [1.807, 2.05) is 36.5 Å². The van der Waals surface area contributed by atoms with Crippen LogP contribution in [0, 0.1) is 36.3 Å². The smallest absolute Gasteiger partial charge is 0.136 e. The molecule has 0 radical (unpaired) electrons. The molecule has 10 rings (SSSR count). The second kappa shape index (κ2) is 18.9. The van der Waals surface area contributed by atoms with Gasteiger partial charge in [-0.1, -0.05) is 110 Å². The number of hydrogen-bond donors (Lipinski definition) is 0. The van der Waals surface area contributed by atoms with Crippen molar-refractivity contribution in [2.24, 2.45) is 0 Å². The zero-order valence-electron chi connectivity index (χ0n) is 39.7. The number of hydrogen-bond acceptors (Lipinski definition) is 4. The molecule has 0 amide bonds. The maximum Gasteiger partial charge on any atom is 0.136 e. The first kappa shape index (κ1) is 47.2. The standard InChI is InChI=1S/C59H56F3N4O.Pt/c1-36(2)48-28-40(57-50(61)31-42(60)32-51(57)62)29-49(37(3)4)58(48)65-35-64(53-20-14-15-21-54(53)65)43-26-39(38-16-10-8-9-11-17-38)27-45(33-43)67-44-22-23-47-46-18-12-13-19-52(46)66(55(47)34-44)56-30-41(24-25-63-56)59(5,6)7;/h12-15,18-32,35-38H,8-11,16-17H2,1-7H3;/q-3;. The molecule has 5 nitrogen and oxygen atoms in total. The number of aromatic nitrogens is 2. The van der Waals surface area contributed by atoms with Gasteiger partial charge in [0.1, 0.15) is 23.3 Å². The molecule has 68 heavy (non-hydrogen) atoms. The van der Waals surface area contributed by atoms with Gasteiger partial charge in [0, 0.05) is 73.5 Å². The molecule has 2 aromatic heterocycles. The van der Waals surface area contributed by atoms with Gasteiger partial charge in [0.25, 0.3) is 0 Å². The van der Waals surface area contributed by atoms with E-state index in [1.165, 1.54) is 36.8 Å². The molecule has 0 saturated heterocycles. The number of benzene rings is 6. The summed E-state index contributed by atoms with van der Waals surface area (Å²) >= 11 is 0. The largest absolute Gasteiger partial charge is 0.509 e. The van der Waals surface area contributed by atoms with Crippen LogP contribution < -0.4 is 14.5 Å². The molecule has 6 aromatic carbocycles. The van der Waals surface area contributed by atoms with Crippen LogP contribution in [0.15, 0.2) is 115 Å². The van der Waals surface area contributed by atoms with Crippen LogP contribution in [0.4, 0.5) is 35.9 Å². The first-order valence-electron chi connectivity index (χ1n) is 23.8. The number of fused-ring (bicyclic) bond motifs is 4. The van der Waals surface area contributed by atoms with E-state index in [2.05, 4.69) is 148 Å². The van der Waals surface area contributed by atoms with Gasteiger partial charge < -0.3 is 19.1 Å². The van der Waals surface area contributed by atoms with Crippen molar-refractivity contribution in [2.45, 2.75) is 110 Å². The molecule has 0 N–H and O–H groups in total. The number of para-hydroxylation sites is 3. The number of anilines is 4. The minimum atomic E-state index is -0.946. The van der Waals surface area contributed by atoms with Gasteiger partial charge in [-0.05, 0) is 106 Å². The summed E-state index contributed by atoms with van der Waals surface area (Å²) in [6.07, 6.45) is 8.92. The number of rotatable bonds is 9. The Balaban J connectivity index is 0.00000578. The third kappa shape index (κ3) is 8.86. The summed E-state index contributed by atoms with van der Waals surface area (Å²) in [6.45, 7) is 17.1. The molecule has 1 fully saturated rings. The van der Waals surface area contributed by atoms with Gasteiger partial charge in [-0.3, -0.25) is 0 Å². The van der Waals surface area contributed by atoms with Gasteiger partial charge in [-0.25, -0.2) is 18.2 Å². The molecule has 3 heterocycles. The van der Waals surface area contributed by atoms with Crippen molar-refractivity contribution < 1.29 is 39.0 Å². The SMILES string of the molecule is CC(C)c1cc(-c2c(F)cc(F)cc2F)cc(C(C)C)c1N1[CH-]N(c2[c-]c(Oc3[c-]c4c(cc3)c3ccccc3n4-c3cc(C(C)(C)C)ccn3)cc(C3CCCCCC3)c2)c2ccccc21.[Pt]. The zero-order chi connectivity index (χ0) is 46.7. The number of halogens is 3. The molecule has 1 aliphatic heterocycles. The Morgan fingerprint density at radius 2 is 1.34 bits per heavy atom. The Hall–Kier alpha value is -5.85. The molecular weight excluding hydrogens is 1030 g/mol. The van der Waals surface area contributed by atoms with Gasteiger partial charge in [-0.15, -0.1) is 53.6 Å². The average Bonchev–Trinajstić information content (AvgIpc) is 3.70. The average molecular weight is 1090 g/mol. The van der Waals surface area contributed by atoms with Crippen molar-refractivity contribution in [1.82, 2.24) is 9.55 Å². The van der Waals surface area contributed by atoms with Crippen molar-refractivity contribution in [3.63, 3.8) is 0 Å². The van der Waals surface area contributed by atoms with E-state index in [9.17, 15) is 4.39 Å². The summed E-state index contributed by atoms with van der Waals surface area (Å²) in [5, 5.41) is 2.18. The summed E-state index contributed by atoms with van der Waals surface area (Å²) in [4.78, 5) is 9.27. The summed E-state index contributed by atoms with van der Waals surface area (Å²) in [5.74, 6) is -0.476. The van der Waals surface area contributed by atoms with Crippen molar-refractivity contribution >= 4 is 44.6 Å².